The van der Waals surface area contributed by atoms with Gasteiger partial charge in [0, 0.05) is 17.3 Å². The largest absolute Gasteiger partial charge is 0.337 e. The molecule has 0 spiro atoms. The average molecular weight is 251 g/mol. The molecule has 2 saturated carbocycles. The van der Waals surface area contributed by atoms with Gasteiger partial charge in [-0.15, -0.1) is 0 Å². The number of benzene rings is 1. The first-order valence-corrected chi connectivity index (χ1v) is 6.21. The summed E-state index contributed by atoms with van der Waals surface area (Å²) in [5.41, 5.74) is 1.74. The fraction of sp³-hybridized carbons (Fsp3) is 0.462. The van der Waals surface area contributed by atoms with Crippen LogP contribution in [0.15, 0.2) is 24.3 Å². The van der Waals surface area contributed by atoms with Crippen LogP contribution >= 0.6 is 11.6 Å². The first-order chi connectivity index (χ1) is 8.03. The fourth-order valence-corrected chi connectivity index (χ4v) is 2.78. The van der Waals surface area contributed by atoms with Crippen molar-refractivity contribution >= 4 is 23.3 Å². The Morgan fingerprint density at radius 3 is 2.47 bits per heavy atom. The highest BCUT2D eigenvalue weighted by Gasteiger charge is 2.79. The van der Waals surface area contributed by atoms with Crippen molar-refractivity contribution in [2.75, 3.05) is 11.9 Å². The predicted octanol–water partition coefficient (Wildman–Crippen LogP) is 3.26. The molecule has 0 atom stereocenters. The highest BCUT2D eigenvalue weighted by Crippen LogP contribution is 2.85. The second-order valence-corrected chi connectivity index (χ2v) is 5.95. The average Bonchev–Trinajstić information content (AvgIpc) is 3.03. The topological polar surface area (TPSA) is 41.1 Å². The molecule has 2 aliphatic carbocycles. The molecule has 4 heteroatoms. The van der Waals surface area contributed by atoms with Crippen molar-refractivity contribution in [3.05, 3.63) is 29.3 Å². The van der Waals surface area contributed by atoms with Crippen molar-refractivity contribution in [1.29, 1.82) is 0 Å². The highest BCUT2D eigenvalue weighted by molar-refractivity contribution is 6.30. The number of hydrogen-bond donors (Lipinski definition) is 2. The molecule has 0 heterocycles. The van der Waals surface area contributed by atoms with Crippen molar-refractivity contribution in [2.24, 2.45) is 10.8 Å². The number of amides is 2. The Balaban J connectivity index is 1.49. The Hall–Kier alpha value is -1.22. The Morgan fingerprint density at radius 2 is 1.94 bits per heavy atom. The zero-order valence-electron chi connectivity index (χ0n) is 9.72. The summed E-state index contributed by atoms with van der Waals surface area (Å²) in [4.78, 5) is 11.6. The molecule has 0 bridgehead atoms. The maximum absolute atomic E-state index is 11.6. The predicted molar refractivity (Wildman–Crippen MR) is 68.2 cm³/mol. The van der Waals surface area contributed by atoms with E-state index in [2.05, 4.69) is 17.6 Å². The summed E-state index contributed by atoms with van der Waals surface area (Å²) in [6, 6.07) is 6.96. The lowest BCUT2D eigenvalue weighted by Gasteiger charge is -2.08. The first-order valence-electron chi connectivity index (χ1n) is 5.84. The van der Waals surface area contributed by atoms with E-state index in [9.17, 15) is 4.79 Å². The van der Waals surface area contributed by atoms with Gasteiger partial charge in [-0.25, -0.2) is 4.79 Å². The highest BCUT2D eigenvalue weighted by atomic mass is 35.5. The van der Waals surface area contributed by atoms with Gasteiger partial charge in [0.25, 0.3) is 0 Å². The van der Waals surface area contributed by atoms with Crippen LogP contribution in [-0.2, 0) is 0 Å². The molecule has 1 aromatic carbocycles. The first kappa shape index (κ1) is 10.9. The Bertz CT molecular complexity index is 463. The Morgan fingerprint density at radius 1 is 1.35 bits per heavy atom. The molecule has 0 unspecified atom stereocenters. The Labute approximate surface area is 106 Å². The van der Waals surface area contributed by atoms with E-state index in [1.165, 1.54) is 12.8 Å². The zero-order chi connectivity index (χ0) is 12.1. The maximum Gasteiger partial charge on any atom is 0.319 e. The molecular formula is C13H15ClN2O. The van der Waals surface area contributed by atoms with Crippen LogP contribution in [0.4, 0.5) is 10.5 Å². The smallest absolute Gasteiger partial charge is 0.319 e. The van der Waals surface area contributed by atoms with Gasteiger partial charge in [0.2, 0.25) is 0 Å². The molecule has 90 valence electrons. The third-order valence-electron chi connectivity index (χ3n) is 4.18. The van der Waals surface area contributed by atoms with Crippen molar-refractivity contribution in [1.82, 2.24) is 5.32 Å². The van der Waals surface area contributed by atoms with Gasteiger partial charge in [-0.05, 0) is 47.9 Å². The number of fused-ring (bicyclic) bond motifs is 1. The van der Waals surface area contributed by atoms with Gasteiger partial charge >= 0.3 is 6.03 Å². The second-order valence-electron chi connectivity index (χ2n) is 5.51. The molecule has 0 radical (unpaired) electrons. The van der Waals surface area contributed by atoms with Crippen molar-refractivity contribution < 1.29 is 4.79 Å². The number of rotatable bonds is 3. The lowest BCUT2D eigenvalue weighted by molar-refractivity contribution is 0.251. The van der Waals surface area contributed by atoms with Crippen LogP contribution in [0, 0.1) is 10.8 Å². The van der Waals surface area contributed by atoms with E-state index in [1.54, 1.807) is 24.3 Å². The summed E-state index contributed by atoms with van der Waals surface area (Å²) >= 11 is 5.77. The Kier molecular flexibility index (Phi) is 2.17. The molecule has 0 aromatic heterocycles. The number of halogens is 1. The number of hydrogen-bond acceptors (Lipinski definition) is 1. The molecule has 3 rings (SSSR count). The summed E-state index contributed by atoms with van der Waals surface area (Å²) in [7, 11) is 0. The van der Waals surface area contributed by atoms with Gasteiger partial charge in [-0.1, -0.05) is 18.5 Å². The zero-order valence-corrected chi connectivity index (χ0v) is 10.5. The van der Waals surface area contributed by atoms with E-state index in [0.29, 0.717) is 15.9 Å². The van der Waals surface area contributed by atoms with Gasteiger partial charge in [-0.2, -0.15) is 0 Å². The molecule has 1 aromatic rings. The third-order valence-corrected chi connectivity index (χ3v) is 4.43. The molecule has 2 aliphatic rings. The van der Waals surface area contributed by atoms with Crippen molar-refractivity contribution in [3.63, 3.8) is 0 Å². The minimum Gasteiger partial charge on any atom is -0.337 e. The van der Waals surface area contributed by atoms with E-state index in [4.69, 9.17) is 11.6 Å². The van der Waals surface area contributed by atoms with Gasteiger partial charge in [0.15, 0.2) is 0 Å². The van der Waals surface area contributed by atoms with Crippen LogP contribution in [0.2, 0.25) is 5.02 Å². The van der Waals surface area contributed by atoms with E-state index in [1.807, 2.05) is 0 Å². The van der Waals surface area contributed by atoms with E-state index in [0.717, 1.165) is 12.2 Å². The molecular weight excluding hydrogens is 236 g/mol. The van der Waals surface area contributed by atoms with Crippen molar-refractivity contribution in [3.8, 4) is 0 Å². The van der Waals surface area contributed by atoms with Crippen LogP contribution in [0.5, 0.6) is 0 Å². The van der Waals surface area contributed by atoms with Crippen LogP contribution in [0.25, 0.3) is 0 Å². The quantitative estimate of drug-likeness (QED) is 0.850. The monoisotopic (exact) mass is 250 g/mol. The third kappa shape index (κ3) is 1.89. The summed E-state index contributed by atoms with van der Waals surface area (Å²) in [6.07, 6.45) is 2.53. The van der Waals surface area contributed by atoms with E-state index in [-0.39, 0.29) is 6.03 Å². The molecule has 2 fully saturated rings. The SMILES string of the molecule is CC12CC1(CNC(=O)Nc1ccc(Cl)cc1)C2. The molecule has 2 N–H and O–H groups in total. The van der Waals surface area contributed by atoms with Gasteiger partial charge in [0.05, 0.1) is 0 Å². The lowest BCUT2D eigenvalue weighted by Crippen LogP contribution is -2.31. The summed E-state index contributed by atoms with van der Waals surface area (Å²) in [6.45, 7) is 3.08. The van der Waals surface area contributed by atoms with Crippen LogP contribution < -0.4 is 10.6 Å². The van der Waals surface area contributed by atoms with E-state index < -0.39 is 0 Å². The number of anilines is 1. The molecule has 3 nitrogen and oxygen atoms in total. The lowest BCUT2D eigenvalue weighted by atomic mass is 10.2. The summed E-state index contributed by atoms with van der Waals surface area (Å²) in [5.74, 6) is 0. The number of carbonyl (C=O) groups is 1. The second kappa shape index (κ2) is 3.39. The van der Waals surface area contributed by atoms with E-state index >= 15 is 0 Å². The van der Waals surface area contributed by atoms with Crippen LogP contribution in [0.1, 0.15) is 19.8 Å². The van der Waals surface area contributed by atoms with Crippen LogP contribution in [0.3, 0.4) is 0 Å². The molecule has 17 heavy (non-hydrogen) atoms. The fourth-order valence-electron chi connectivity index (χ4n) is 2.65. The maximum atomic E-state index is 11.6. The molecule has 0 aliphatic heterocycles. The molecule has 0 saturated heterocycles. The number of urea groups is 1. The minimum absolute atomic E-state index is 0.136. The van der Waals surface area contributed by atoms with Gasteiger partial charge in [0.1, 0.15) is 0 Å². The normalized spacial score (nSPS) is 32.6. The van der Waals surface area contributed by atoms with Gasteiger partial charge in [-0.3, -0.25) is 0 Å². The van der Waals surface area contributed by atoms with Crippen molar-refractivity contribution in [2.45, 2.75) is 19.8 Å². The van der Waals surface area contributed by atoms with Crippen LogP contribution in [-0.4, -0.2) is 12.6 Å². The number of carbonyl (C=O) groups excluding carboxylic acids is 1. The summed E-state index contributed by atoms with van der Waals surface area (Å²) in [5, 5.41) is 6.39. The standard InChI is InChI=1S/C13H15ClN2O/c1-12-6-13(12,7-12)8-15-11(17)16-10-4-2-9(14)3-5-10/h2-5H,6-8H2,1H3,(H2,15,16,17). The minimum atomic E-state index is -0.136. The number of nitrogens with one attached hydrogen (secondary N) is 2. The summed E-state index contributed by atoms with van der Waals surface area (Å²) < 4.78 is 0. The van der Waals surface area contributed by atoms with Gasteiger partial charge < -0.3 is 10.6 Å². The molecule has 2 amide bonds.